The topological polar surface area (TPSA) is 26.0 Å². The Morgan fingerprint density at radius 3 is 2.33 bits per heavy atom. The molecule has 0 bridgehead atoms. The summed E-state index contributed by atoms with van der Waals surface area (Å²) < 4.78 is 0.921. The Balaban J connectivity index is 1.99. The molecule has 2 aromatic carbocycles. The van der Waals surface area contributed by atoms with E-state index < -0.39 is 0 Å². The van der Waals surface area contributed by atoms with Crippen LogP contribution in [0.2, 0.25) is 5.02 Å². The van der Waals surface area contributed by atoms with Gasteiger partial charge in [0.1, 0.15) is 0 Å². The zero-order valence-electron chi connectivity index (χ0n) is 9.94. The summed E-state index contributed by atoms with van der Waals surface area (Å²) in [5.41, 5.74) is 8.62. The molecule has 0 fully saturated rings. The number of hydrogen-bond acceptors (Lipinski definition) is 1. The Bertz CT molecular complexity index is 513. The SMILES string of the molecule is NC(Cc1ccccc1)Cc1ccc(Br)c(Cl)c1. The van der Waals surface area contributed by atoms with Crippen molar-refractivity contribution in [1.82, 2.24) is 0 Å². The van der Waals surface area contributed by atoms with Crippen LogP contribution in [0.4, 0.5) is 0 Å². The third-order valence-corrected chi connectivity index (χ3v) is 4.06. The molecule has 2 rings (SSSR count). The predicted octanol–water partition coefficient (Wildman–Crippen LogP) is 4.22. The summed E-state index contributed by atoms with van der Waals surface area (Å²) >= 11 is 9.46. The van der Waals surface area contributed by atoms with Crippen molar-refractivity contribution in [3.8, 4) is 0 Å². The summed E-state index contributed by atoms with van der Waals surface area (Å²) in [6, 6.07) is 16.4. The molecule has 0 spiro atoms. The van der Waals surface area contributed by atoms with Crippen molar-refractivity contribution < 1.29 is 0 Å². The van der Waals surface area contributed by atoms with E-state index in [0.717, 1.165) is 22.3 Å². The van der Waals surface area contributed by atoms with Crippen LogP contribution in [0.1, 0.15) is 11.1 Å². The van der Waals surface area contributed by atoms with E-state index in [4.69, 9.17) is 17.3 Å². The standard InChI is InChI=1S/C15H15BrClN/c16-14-7-6-12(10-15(14)17)9-13(18)8-11-4-2-1-3-5-11/h1-7,10,13H,8-9,18H2. The van der Waals surface area contributed by atoms with Gasteiger partial charge in [0.15, 0.2) is 0 Å². The first-order valence-electron chi connectivity index (χ1n) is 5.88. The van der Waals surface area contributed by atoms with Gasteiger partial charge in [-0.25, -0.2) is 0 Å². The lowest BCUT2D eigenvalue weighted by Gasteiger charge is -2.12. The molecule has 0 heterocycles. The molecule has 0 aromatic heterocycles. The molecule has 0 aliphatic carbocycles. The van der Waals surface area contributed by atoms with Crippen molar-refractivity contribution in [2.45, 2.75) is 18.9 Å². The minimum absolute atomic E-state index is 0.115. The van der Waals surface area contributed by atoms with Gasteiger partial charge in [-0.3, -0.25) is 0 Å². The fourth-order valence-electron chi connectivity index (χ4n) is 1.96. The quantitative estimate of drug-likeness (QED) is 0.895. The van der Waals surface area contributed by atoms with Gasteiger partial charge in [0, 0.05) is 10.5 Å². The summed E-state index contributed by atoms with van der Waals surface area (Å²) in [4.78, 5) is 0. The van der Waals surface area contributed by atoms with Crippen LogP contribution in [-0.2, 0) is 12.8 Å². The van der Waals surface area contributed by atoms with Crippen LogP contribution in [0.25, 0.3) is 0 Å². The molecule has 3 heteroatoms. The van der Waals surface area contributed by atoms with Gasteiger partial charge in [-0.15, -0.1) is 0 Å². The largest absolute Gasteiger partial charge is 0.327 e. The molecule has 1 nitrogen and oxygen atoms in total. The Morgan fingerprint density at radius 2 is 1.67 bits per heavy atom. The maximum atomic E-state index is 6.17. The van der Waals surface area contributed by atoms with E-state index >= 15 is 0 Å². The zero-order chi connectivity index (χ0) is 13.0. The lowest BCUT2D eigenvalue weighted by atomic mass is 10.00. The van der Waals surface area contributed by atoms with E-state index in [0.29, 0.717) is 0 Å². The molecule has 0 aliphatic rings. The smallest absolute Gasteiger partial charge is 0.0550 e. The number of rotatable bonds is 4. The van der Waals surface area contributed by atoms with Crippen molar-refractivity contribution in [2.24, 2.45) is 5.73 Å². The van der Waals surface area contributed by atoms with Crippen molar-refractivity contribution in [3.05, 3.63) is 69.2 Å². The molecule has 0 radical (unpaired) electrons. The minimum Gasteiger partial charge on any atom is -0.327 e. The van der Waals surface area contributed by atoms with E-state index in [1.54, 1.807) is 0 Å². The molecule has 0 aliphatic heterocycles. The maximum absolute atomic E-state index is 6.17. The molecule has 2 N–H and O–H groups in total. The van der Waals surface area contributed by atoms with Crippen LogP contribution in [0.15, 0.2) is 53.0 Å². The van der Waals surface area contributed by atoms with Crippen molar-refractivity contribution in [1.29, 1.82) is 0 Å². The summed E-state index contributed by atoms with van der Waals surface area (Å²) in [6.07, 6.45) is 1.72. The highest BCUT2D eigenvalue weighted by Gasteiger charge is 2.07. The predicted molar refractivity (Wildman–Crippen MR) is 81.0 cm³/mol. The van der Waals surface area contributed by atoms with Gasteiger partial charge in [0.05, 0.1) is 5.02 Å². The highest BCUT2D eigenvalue weighted by Crippen LogP contribution is 2.23. The van der Waals surface area contributed by atoms with Crippen LogP contribution >= 0.6 is 27.5 Å². The van der Waals surface area contributed by atoms with Gasteiger partial charge in [0.25, 0.3) is 0 Å². The monoisotopic (exact) mass is 323 g/mol. The lowest BCUT2D eigenvalue weighted by Crippen LogP contribution is -2.25. The first-order chi connectivity index (χ1) is 8.65. The third-order valence-electron chi connectivity index (χ3n) is 2.82. The van der Waals surface area contributed by atoms with Crippen LogP contribution in [0, 0.1) is 0 Å². The van der Waals surface area contributed by atoms with Gasteiger partial charge < -0.3 is 5.73 Å². The average Bonchev–Trinajstić information content (AvgIpc) is 2.35. The molecule has 1 unspecified atom stereocenters. The first-order valence-corrected chi connectivity index (χ1v) is 7.05. The molecular weight excluding hydrogens is 310 g/mol. The van der Waals surface area contributed by atoms with Crippen LogP contribution in [0.5, 0.6) is 0 Å². The van der Waals surface area contributed by atoms with E-state index in [2.05, 4.69) is 34.1 Å². The van der Waals surface area contributed by atoms with E-state index in [9.17, 15) is 0 Å². The molecule has 1 atom stereocenters. The van der Waals surface area contributed by atoms with Gasteiger partial charge in [-0.1, -0.05) is 48.0 Å². The second-order valence-corrected chi connectivity index (χ2v) is 5.66. The van der Waals surface area contributed by atoms with E-state index in [1.165, 1.54) is 11.1 Å². The average molecular weight is 325 g/mol. The summed E-state index contributed by atoms with van der Waals surface area (Å²) in [5, 5.41) is 0.736. The summed E-state index contributed by atoms with van der Waals surface area (Å²) in [7, 11) is 0. The third kappa shape index (κ3) is 3.84. The van der Waals surface area contributed by atoms with Crippen molar-refractivity contribution in [3.63, 3.8) is 0 Å². The highest BCUT2D eigenvalue weighted by atomic mass is 79.9. The number of benzene rings is 2. The number of nitrogens with two attached hydrogens (primary N) is 1. The second-order valence-electron chi connectivity index (χ2n) is 4.40. The molecule has 2 aromatic rings. The molecule has 18 heavy (non-hydrogen) atoms. The van der Waals surface area contributed by atoms with E-state index in [-0.39, 0.29) is 6.04 Å². The molecular formula is C15H15BrClN. The lowest BCUT2D eigenvalue weighted by molar-refractivity contribution is 0.665. The summed E-state index contributed by atoms with van der Waals surface area (Å²) in [5.74, 6) is 0. The zero-order valence-corrected chi connectivity index (χ0v) is 12.3. The minimum atomic E-state index is 0.115. The van der Waals surface area contributed by atoms with Crippen LogP contribution < -0.4 is 5.73 Å². The fraction of sp³-hybridized carbons (Fsp3) is 0.200. The Morgan fingerprint density at radius 1 is 1.00 bits per heavy atom. The Hall–Kier alpha value is -0.830. The fourth-order valence-corrected chi connectivity index (χ4v) is 2.41. The number of hydrogen-bond donors (Lipinski definition) is 1. The highest BCUT2D eigenvalue weighted by molar-refractivity contribution is 9.10. The van der Waals surface area contributed by atoms with Gasteiger partial charge >= 0.3 is 0 Å². The van der Waals surface area contributed by atoms with Crippen molar-refractivity contribution in [2.75, 3.05) is 0 Å². The van der Waals surface area contributed by atoms with Crippen molar-refractivity contribution >= 4 is 27.5 Å². The van der Waals surface area contributed by atoms with Gasteiger partial charge in [-0.2, -0.15) is 0 Å². The maximum Gasteiger partial charge on any atom is 0.0550 e. The van der Waals surface area contributed by atoms with Gasteiger partial charge in [0.2, 0.25) is 0 Å². The van der Waals surface area contributed by atoms with E-state index in [1.807, 2.05) is 30.3 Å². The van der Waals surface area contributed by atoms with Crippen LogP contribution in [0.3, 0.4) is 0 Å². The molecule has 0 saturated carbocycles. The Kier molecular flexibility index (Phi) is 4.81. The normalized spacial score (nSPS) is 12.4. The molecule has 0 amide bonds. The second kappa shape index (κ2) is 6.37. The summed E-state index contributed by atoms with van der Waals surface area (Å²) in [6.45, 7) is 0. The number of halogens is 2. The van der Waals surface area contributed by atoms with Crippen LogP contribution in [-0.4, -0.2) is 6.04 Å². The molecule has 94 valence electrons. The molecule has 0 saturated heterocycles. The Labute approximate surface area is 121 Å². The first kappa shape index (κ1) is 13.6. The van der Waals surface area contributed by atoms with Gasteiger partial charge in [-0.05, 0) is 52.0 Å².